The van der Waals surface area contributed by atoms with Crippen molar-refractivity contribution >= 4 is 11.9 Å². The van der Waals surface area contributed by atoms with Crippen molar-refractivity contribution in [2.75, 3.05) is 20.2 Å². The minimum absolute atomic E-state index is 0.158. The first kappa shape index (κ1) is 10.4. The number of carbonyl (C=O) groups is 2. The number of carbonyl (C=O) groups excluding carboxylic acids is 2. The largest absolute Gasteiger partial charge is 0.468 e. The molecule has 5 nitrogen and oxygen atoms in total. The van der Waals surface area contributed by atoms with Crippen LogP contribution < -0.4 is 5.73 Å². The zero-order chi connectivity index (χ0) is 11.0. The van der Waals surface area contributed by atoms with Crippen LogP contribution >= 0.6 is 0 Å². The third-order valence-electron chi connectivity index (χ3n) is 3.24. The Labute approximate surface area is 88.5 Å². The molecule has 5 heteroatoms. The van der Waals surface area contributed by atoms with Crippen molar-refractivity contribution in [3.63, 3.8) is 0 Å². The van der Waals surface area contributed by atoms with Gasteiger partial charge in [-0.3, -0.25) is 9.59 Å². The smallest absolute Gasteiger partial charge is 0.324 e. The molecule has 1 aliphatic carbocycles. The zero-order valence-electron chi connectivity index (χ0n) is 8.81. The lowest BCUT2D eigenvalue weighted by Crippen LogP contribution is -2.48. The van der Waals surface area contributed by atoms with Crippen molar-refractivity contribution < 1.29 is 14.3 Å². The second-order valence-electron chi connectivity index (χ2n) is 4.30. The van der Waals surface area contributed by atoms with Gasteiger partial charge in [0.15, 0.2) is 0 Å². The van der Waals surface area contributed by atoms with Gasteiger partial charge in [-0.2, -0.15) is 0 Å². The number of likely N-dealkylation sites (tertiary alicyclic amines) is 1. The maximum atomic E-state index is 11.7. The average Bonchev–Trinajstić information content (AvgIpc) is 3.00. The van der Waals surface area contributed by atoms with Crippen LogP contribution in [0, 0.1) is 11.8 Å². The van der Waals surface area contributed by atoms with E-state index in [1.807, 2.05) is 0 Å². The molecule has 0 aromatic carbocycles. The second-order valence-corrected chi connectivity index (χ2v) is 4.30. The quantitative estimate of drug-likeness (QED) is 0.631. The molecule has 2 fully saturated rings. The lowest BCUT2D eigenvalue weighted by atomic mass is 10.1. The summed E-state index contributed by atoms with van der Waals surface area (Å²) in [5.41, 5.74) is 5.61. The molecule has 0 spiro atoms. The summed E-state index contributed by atoms with van der Waals surface area (Å²) in [5.74, 6) is 0.512. The Kier molecular flexibility index (Phi) is 2.65. The molecule has 0 aromatic heterocycles. The van der Waals surface area contributed by atoms with Gasteiger partial charge in [-0.25, -0.2) is 0 Å². The number of piperidine rings is 1. The van der Waals surface area contributed by atoms with E-state index in [0.29, 0.717) is 5.92 Å². The van der Waals surface area contributed by atoms with E-state index in [4.69, 9.17) is 5.73 Å². The van der Waals surface area contributed by atoms with Gasteiger partial charge in [0.25, 0.3) is 0 Å². The first-order chi connectivity index (χ1) is 7.13. The number of nitrogens with two attached hydrogens (primary N) is 1. The molecule has 15 heavy (non-hydrogen) atoms. The Morgan fingerprint density at radius 1 is 1.73 bits per heavy atom. The molecule has 1 aliphatic heterocycles. The zero-order valence-corrected chi connectivity index (χ0v) is 8.81. The molecular weight excluding hydrogens is 196 g/mol. The predicted molar refractivity (Wildman–Crippen MR) is 52.8 cm³/mol. The molecule has 2 N–H and O–H groups in total. The minimum Gasteiger partial charge on any atom is -0.468 e. The SMILES string of the molecule is COC(=O)C(N)CN1CCC2CC2C1=O. The van der Waals surface area contributed by atoms with Gasteiger partial charge in [0, 0.05) is 19.0 Å². The van der Waals surface area contributed by atoms with Crippen LogP contribution in [-0.2, 0) is 14.3 Å². The van der Waals surface area contributed by atoms with Crippen molar-refractivity contribution in [2.24, 2.45) is 17.6 Å². The lowest BCUT2D eigenvalue weighted by Gasteiger charge is -2.28. The Bertz CT molecular complexity index is 292. The maximum absolute atomic E-state index is 11.7. The van der Waals surface area contributed by atoms with Gasteiger partial charge >= 0.3 is 5.97 Å². The summed E-state index contributed by atoms with van der Waals surface area (Å²) in [6, 6.07) is -0.714. The van der Waals surface area contributed by atoms with E-state index in [9.17, 15) is 9.59 Å². The molecule has 3 unspecified atom stereocenters. The number of esters is 1. The van der Waals surface area contributed by atoms with E-state index in [-0.39, 0.29) is 18.4 Å². The van der Waals surface area contributed by atoms with Crippen LogP contribution in [0.15, 0.2) is 0 Å². The Hall–Kier alpha value is -1.10. The van der Waals surface area contributed by atoms with Gasteiger partial charge in [0.1, 0.15) is 6.04 Å². The van der Waals surface area contributed by atoms with E-state index in [0.717, 1.165) is 19.4 Å². The molecular formula is C10H16N2O3. The van der Waals surface area contributed by atoms with Crippen molar-refractivity contribution in [1.82, 2.24) is 4.90 Å². The van der Waals surface area contributed by atoms with E-state index in [1.165, 1.54) is 7.11 Å². The number of fused-ring (bicyclic) bond motifs is 1. The van der Waals surface area contributed by atoms with Gasteiger partial charge in [-0.15, -0.1) is 0 Å². The van der Waals surface area contributed by atoms with E-state index in [1.54, 1.807) is 4.90 Å². The molecule has 2 rings (SSSR count). The third kappa shape index (κ3) is 1.97. The number of methoxy groups -OCH3 is 1. The molecule has 2 aliphatic rings. The van der Waals surface area contributed by atoms with Gasteiger partial charge in [0.2, 0.25) is 5.91 Å². The Morgan fingerprint density at radius 3 is 3.13 bits per heavy atom. The van der Waals surface area contributed by atoms with Crippen LogP contribution in [0.3, 0.4) is 0 Å². The second kappa shape index (κ2) is 3.81. The van der Waals surface area contributed by atoms with E-state index in [2.05, 4.69) is 4.74 Å². The number of ether oxygens (including phenoxy) is 1. The van der Waals surface area contributed by atoms with E-state index < -0.39 is 12.0 Å². The molecule has 1 saturated heterocycles. The van der Waals surface area contributed by atoms with Crippen LogP contribution in [0.25, 0.3) is 0 Å². The first-order valence-electron chi connectivity index (χ1n) is 5.25. The fourth-order valence-electron chi connectivity index (χ4n) is 2.18. The predicted octanol–water partition coefficient (Wildman–Crippen LogP) is -0.645. The van der Waals surface area contributed by atoms with Crippen molar-refractivity contribution in [1.29, 1.82) is 0 Å². The van der Waals surface area contributed by atoms with E-state index >= 15 is 0 Å². The first-order valence-corrected chi connectivity index (χ1v) is 5.25. The summed E-state index contributed by atoms with van der Waals surface area (Å²) in [5, 5.41) is 0. The van der Waals surface area contributed by atoms with Crippen molar-refractivity contribution in [3.8, 4) is 0 Å². The normalized spacial score (nSPS) is 30.8. The molecule has 1 saturated carbocycles. The highest BCUT2D eigenvalue weighted by Gasteiger charge is 2.48. The number of amides is 1. The summed E-state index contributed by atoms with van der Waals surface area (Å²) < 4.78 is 4.52. The van der Waals surface area contributed by atoms with Crippen LogP contribution in [0.4, 0.5) is 0 Å². The molecule has 1 heterocycles. The third-order valence-corrected chi connectivity index (χ3v) is 3.24. The molecule has 0 radical (unpaired) electrons. The Balaban J connectivity index is 1.88. The number of rotatable bonds is 3. The maximum Gasteiger partial charge on any atom is 0.324 e. The molecule has 0 bridgehead atoms. The van der Waals surface area contributed by atoms with Crippen LogP contribution in [0.1, 0.15) is 12.8 Å². The average molecular weight is 212 g/mol. The lowest BCUT2D eigenvalue weighted by molar-refractivity contribution is -0.144. The standard InChI is InChI=1S/C10H16N2O3/c1-15-10(14)8(11)5-12-3-2-6-4-7(6)9(12)13/h6-8H,2-5,11H2,1H3. The Morgan fingerprint density at radius 2 is 2.47 bits per heavy atom. The summed E-state index contributed by atoms with van der Waals surface area (Å²) >= 11 is 0. The number of hydrogen-bond acceptors (Lipinski definition) is 4. The van der Waals surface area contributed by atoms with Gasteiger partial charge in [-0.1, -0.05) is 0 Å². The van der Waals surface area contributed by atoms with Crippen molar-refractivity contribution in [2.45, 2.75) is 18.9 Å². The molecule has 3 atom stereocenters. The van der Waals surface area contributed by atoms with Crippen LogP contribution in [-0.4, -0.2) is 43.0 Å². The summed E-state index contributed by atoms with van der Waals surface area (Å²) in [4.78, 5) is 24.5. The van der Waals surface area contributed by atoms with Gasteiger partial charge < -0.3 is 15.4 Å². The monoisotopic (exact) mass is 212 g/mol. The molecule has 1 amide bonds. The summed E-state index contributed by atoms with van der Waals surface area (Å²) in [6.45, 7) is 1.01. The summed E-state index contributed by atoms with van der Waals surface area (Å²) in [7, 11) is 1.30. The number of hydrogen-bond donors (Lipinski definition) is 1. The highest BCUT2D eigenvalue weighted by Crippen LogP contribution is 2.45. The van der Waals surface area contributed by atoms with Gasteiger partial charge in [0.05, 0.1) is 7.11 Å². The fraction of sp³-hybridized carbons (Fsp3) is 0.800. The van der Waals surface area contributed by atoms with Crippen LogP contribution in [0.5, 0.6) is 0 Å². The highest BCUT2D eigenvalue weighted by atomic mass is 16.5. The molecule has 0 aromatic rings. The van der Waals surface area contributed by atoms with Crippen molar-refractivity contribution in [3.05, 3.63) is 0 Å². The number of nitrogens with zero attached hydrogens (tertiary/aromatic N) is 1. The fourth-order valence-corrected chi connectivity index (χ4v) is 2.18. The summed E-state index contributed by atoms with van der Waals surface area (Å²) in [6.07, 6.45) is 2.06. The highest BCUT2D eigenvalue weighted by molar-refractivity contribution is 5.84. The topological polar surface area (TPSA) is 72.6 Å². The van der Waals surface area contributed by atoms with Gasteiger partial charge in [-0.05, 0) is 18.8 Å². The molecule has 84 valence electrons. The minimum atomic E-state index is -0.714. The van der Waals surface area contributed by atoms with Crippen LogP contribution in [0.2, 0.25) is 0 Å².